The van der Waals surface area contributed by atoms with E-state index in [0.29, 0.717) is 18.0 Å². The number of carbonyl (C=O) groups is 1. The highest BCUT2D eigenvalue weighted by Crippen LogP contribution is 2.29. The van der Waals surface area contributed by atoms with Gasteiger partial charge in [-0.3, -0.25) is 4.79 Å². The Morgan fingerprint density at radius 3 is 2.35 bits per heavy atom. The highest BCUT2D eigenvalue weighted by molar-refractivity contribution is 7.89. The maximum atomic E-state index is 12.3. The number of nitrogens with one attached hydrogen (secondary N) is 1. The van der Waals surface area contributed by atoms with E-state index < -0.39 is 21.4 Å². The predicted octanol–water partition coefficient (Wildman–Crippen LogP) is 1.75. The molecule has 0 heterocycles. The molecule has 128 valence electrons. The van der Waals surface area contributed by atoms with Crippen LogP contribution in [0.4, 0.5) is 0 Å². The third-order valence-corrected chi connectivity index (χ3v) is 5.95. The van der Waals surface area contributed by atoms with Crippen molar-refractivity contribution in [2.45, 2.75) is 43.1 Å². The minimum Gasteiger partial charge on any atom is -0.481 e. The molecule has 1 aromatic rings. The first-order chi connectivity index (χ1) is 10.7. The van der Waals surface area contributed by atoms with E-state index in [-0.39, 0.29) is 11.0 Å². The number of carboxylic acid groups (broad SMARTS) is 1. The van der Waals surface area contributed by atoms with Crippen LogP contribution in [0.15, 0.2) is 29.2 Å². The normalized spacial score (nSPS) is 21.7. The zero-order valence-electron chi connectivity index (χ0n) is 13.6. The van der Waals surface area contributed by atoms with Gasteiger partial charge in [0.15, 0.2) is 0 Å². The Morgan fingerprint density at radius 2 is 1.87 bits per heavy atom. The van der Waals surface area contributed by atoms with Gasteiger partial charge >= 0.3 is 5.97 Å². The van der Waals surface area contributed by atoms with Crippen LogP contribution in [0, 0.1) is 5.92 Å². The van der Waals surface area contributed by atoms with Gasteiger partial charge in [0.2, 0.25) is 10.0 Å². The molecule has 2 rings (SSSR count). The van der Waals surface area contributed by atoms with Crippen LogP contribution in [0.3, 0.4) is 0 Å². The van der Waals surface area contributed by atoms with Crippen molar-refractivity contribution in [2.75, 3.05) is 13.7 Å². The first-order valence-corrected chi connectivity index (χ1v) is 9.01. The van der Waals surface area contributed by atoms with Gasteiger partial charge in [-0.2, -0.15) is 0 Å². The van der Waals surface area contributed by atoms with Crippen LogP contribution in [-0.4, -0.2) is 39.3 Å². The lowest BCUT2D eigenvalue weighted by Crippen LogP contribution is -2.39. The predicted molar refractivity (Wildman–Crippen MR) is 85.8 cm³/mol. The van der Waals surface area contributed by atoms with Crippen LogP contribution >= 0.6 is 0 Å². The number of aliphatic carboxylic acids is 1. The lowest BCUT2D eigenvalue weighted by Gasteiger charge is -2.34. The molecule has 0 saturated heterocycles. The Bertz CT molecular complexity index is 660. The molecule has 23 heavy (non-hydrogen) atoms. The Hall–Kier alpha value is -1.44. The van der Waals surface area contributed by atoms with Gasteiger partial charge in [0, 0.05) is 13.7 Å². The molecule has 1 aliphatic rings. The monoisotopic (exact) mass is 341 g/mol. The molecule has 0 aliphatic heterocycles. The third-order valence-electron chi connectivity index (χ3n) is 4.51. The van der Waals surface area contributed by atoms with E-state index in [1.807, 2.05) is 0 Å². The second-order valence-electron chi connectivity index (χ2n) is 6.50. The molecule has 0 spiro atoms. The number of carboxylic acids is 1. The lowest BCUT2D eigenvalue weighted by molar-refractivity contribution is -0.142. The summed E-state index contributed by atoms with van der Waals surface area (Å²) in [7, 11) is -1.92. The molecule has 1 aromatic carbocycles. The minimum absolute atomic E-state index is 0.144. The standard InChI is InChI=1S/C16H23NO5S/c1-16(2,15(18)19)12-4-6-14(7-5-12)23(20,21)17-10-11-8-13(9-11)22-3/h4-7,11,13,17H,8-10H2,1-3H3,(H,18,19). The zero-order chi connectivity index (χ0) is 17.3. The fraction of sp³-hybridized carbons (Fsp3) is 0.562. The van der Waals surface area contributed by atoms with Crippen LogP contribution < -0.4 is 4.72 Å². The van der Waals surface area contributed by atoms with E-state index in [1.165, 1.54) is 12.1 Å². The summed E-state index contributed by atoms with van der Waals surface area (Å²) in [4.78, 5) is 11.4. The van der Waals surface area contributed by atoms with Gasteiger partial charge in [-0.05, 0) is 50.3 Å². The van der Waals surface area contributed by atoms with E-state index in [2.05, 4.69) is 4.72 Å². The number of ether oxygens (including phenoxy) is 1. The molecule has 2 N–H and O–H groups in total. The van der Waals surface area contributed by atoms with Crippen molar-refractivity contribution in [1.29, 1.82) is 0 Å². The summed E-state index contributed by atoms with van der Waals surface area (Å²) in [5, 5.41) is 9.20. The van der Waals surface area contributed by atoms with Crippen molar-refractivity contribution >= 4 is 16.0 Å². The first-order valence-electron chi connectivity index (χ1n) is 7.53. The van der Waals surface area contributed by atoms with Gasteiger partial charge in [0.1, 0.15) is 0 Å². The Morgan fingerprint density at radius 1 is 1.30 bits per heavy atom. The maximum Gasteiger partial charge on any atom is 0.313 e. The van der Waals surface area contributed by atoms with Gasteiger partial charge in [-0.1, -0.05) is 12.1 Å². The van der Waals surface area contributed by atoms with Gasteiger partial charge in [-0.25, -0.2) is 13.1 Å². The van der Waals surface area contributed by atoms with Crippen molar-refractivity contribution in [1.82, 2.24) is 4.72 Å². The second-order valence-corrected chi connectivity index (χ2v) is 8.27. The summed E-state index contributed by atoms with van der Waals surface area (Å²) in [6, 6.07) is 5.99. The molecular weight excluding hydrogens is 318 g/mol. The van der Waals surface area contributed by atoms with Crippen molar-refractivity contribution in [2.24, 2.45) is 5.92 Å². The molecule has 1 aliphatic carbocycles. The van der Waals surface area contributed by atoms with Crippen LogP contribution in [0.25, 0.3) is 0 Å². The van der Waals surface area contributed by atoms with Gasteiger partial charge in [0.25, 0.3) is 0 Å². The fourth-order valence-corrected chi connectivity index (χ4v) is 3.63. The number of hydrogen-bond acceptors (Lipinski definition) is 4. The topological polar surface area (TPSA) is 92.7 Å². The largest absolute Gasteiger partial charge is 0.481 e. The summed E-state index contributed by atoms with van der Waals surface area (Å²) >= 11 is 0. The van der Waals surface area contributed by atoms with Crippen molar-refractivity contribution in [3.05, 3.63) is 29.8 Å². The lowest BCUT2D eigenvalue weighted by atomic mass is 9.82. The molecule has 1 fully saturated rings. The first kappa shape index (κ1) is 17.9. The quantitative estimate of drug-likeness (QED) is 0.788. The number of hydrogen-bond donors (Lipinski definition) is 2. The van der Waals surface area contributed by atoms with Crippen molar-refractivity contribution in [3.63, 3.8) is 0 Å². The van der Waals surface area contributed by atoms with E-state index >= 15 is 0 Å². The van der Waals surface area contributed by atoms with E-state index in [9.17, 15) is 18.3 Å². The molecule has 0 bridgehead atoms. The Labute approximate surface area is 136 Å². The van der Waals surface area contributed by atoms with Crippen molar-refractivity contribution < 1.29 is 23.1 Å². The van der Waals surface area contributed by atoms with E-state index in [4.69, 9.17) is 4.74 Å². The van der Waals surface area contributed by atoms with Crippen molar-refractivity contribution in [3.8, 4) is 0 Å². The second kappa shape index (κ2) is 6.59. The molecule has 0 atom stereocenters. The molecule has 0 aromatic heterocycles. The highest BCUT2D eigenvalue weighted by atomic mass is 32.2. The number of sulfonamides is 1. The van der Waals surface area contributed by atoms with Crippen LogP contribution in [0.1, 0.15) is 32.3 Å². The summed E-state index contributed by atoms with van der Waals surface area (Å²) in [5.41, 5.74) is -0.498. The number of rotatable bonds is 7. The molecule has 0 unspecified atom stereocenters. The molecular formula is C16H23NO5S. The average molecular weight is 341 g/mol. The van der Waals surface area contributed by atoms with Gasteiger partial charge in [0.05, 0.1) is 16.4 Å². The number of methoxy groups -OCH3 is 1. The summed E-state index contributed by atoms with van der Waals surface area (Å²) in [6.45, 7) is 3.56. The Kier molecular flexibility index (Phi) is 5.13. The smallest absolute Gasteiger partial charge is 0.313 e. The fourth-order valence-electron chi connectivity index (χ4n) is 2.52. The maximum absolute atomic E-state index is 12.3. The van der Waals surface area contributed by atoms with Crippen LogP contribution in [0.2, 0.25) is 0 Å². The number of benzene rings is 1. The molecule has 1 saturated carbocycles. The average Bonchev–Trinajstić information content (AvgIpc) is 2.45. The molecule has 7 heteroatoms. The summed E-state index contributed by atoms with van der Waals surface area (Å²) in [6.07, 6.45) is 1.97. The van der Waals surface area contributed by atoms with Crippen LogP contribution in [-0.2, 0) is 25.0 Å². The van der Waals surface area contributed by atoms with E-state index in [1.54, 1.807) is 33.1 Å². The van der Waals surface area contributed by atoms with Gasteiger partial charge in [-0.15, -0.1) is 0 Å². The SMILES string of the molecule is COC1CC(CNS(=O)(=O)c2ccc(C(C)(C)C(=O)O)cc2)C1. The van der Waals surface area contributed by atoms with Crippen LogP contribution in [0.5, 0.6) is 0 Å². The summed E-state index contributed by atoms with van der Waals surface area (Å²) < 4.78 is 32.3. The third kappa shape index (κ3) is 3.91. The van der Waals surface area contributed by atoms with E-state index in [0.717, 1.165) is 12.8 Å². The highest BCUT2D eigenvalue weighted by Gasteiger charge is 2.31. The molecule has 0 radical (unpaired) electrons. The molecule has 6 nitrogen and oxygen atoms in total. The molecule has 0 amide bonds. The van der Waals surface area contributed by atoms with Gasteiger partial charge < -0.3 is 9.84 Å². The Balaban J connectivity index is 2.02. The minimum atomic E-state index is -3.58. The summed E-state index contributed by atoms with van der Waals surface area (Å²) in [5.74, 6) is -0.649. The zero-order valence-corrected chi connectivity index (χ0v) is 14.4.